The van der Waals surface area contributed by atoms with Gasteiger partial charge in [0.05, 0.1) is 0 Å². The Morgan fingerprint density at radius 3 is 1.31 bits per heavy atom. The quantitative estimate of drug-likeness (QED) is 0.0340. The van der Waals surface area contributed by atoms with Gasteiger partial charge in [0.15, 0.2) is 6.29 Å². The van der Waals surface area contributed by atoms with Gasteiger partial charge >= 0.3 is 0 Å². The first kappa shape index (κ1) is 56.1. The van der Waals surface area contributed by atoms with Crippen LogP contribution in [0.25, 0.3) is 0 Å². The minimum Gasteiger partial charge on any atom is -0.407 e. The topological polar surface area (TPSA) is 36.9 Å². The fourth-order valence-corrected chi connectivity index (χ4v) is 18.1. The van der Waals surface area contributed by atoms with E-state index >= 15 is 0 Å². The summed E-state index contributed by atoms with van der Waals surface area (Å²) in [6, 6.07) is 43.3. The highest BCUT2D eigenvalue weighted by Crippen LogP contribution is 2.38. The lowest BCUT2D eigenvalue weighted by Gasteiger charge is -2.43. The van der Waals surface area contributed by atoms with Crippen LogP contribution in [-0.4, -0.2) is 54.7 Å². The lowest BCUT2D eigenvalue weighted by molar-refractivity contribution is -0.162. The Balaban J connectivity index is 0.000000280. The second-order valence-corrected chi connectivity index (χ2v) is 28.4. The number of ether oxygens (including phenoxy) is 2. The van der Waals surface area contributed by atoms with Gasteiger partial charge in [-0.2, -0.15) is 0 Å². The first-order valence-corrected chi connectivity index (χ1v) is 29.6. The molecule has 1 aliphatic heterocycles. The maximum absolute atomic E-state index is 6.92. The van der Waals surface area contributed by atoms with Gasteiger partial charge < -0.3 is 18.3 Å². The van der Waals surface area contributed by atoms with Crippen molar-refractivity contribution in [3.8, 4) is 24.2 Å². The SMILES string of the molecule is BrCCCCOC1CCCCO1.C#CCCCCO[Si](c1ccccc1)(c1ccccc1)C(C)(C)C.CCCCCC#CCCCCO[Si](c1ccccc1)(c1ccccc1)C(C)(C)C. The summed E-state index contributed by atoms with van der Waals surface area (Å²) in [7, 11) is -4.74. The Morgan fingerprint density at radius 1 is 0.554 bits per heavy atom. The molecule has 0 spiro atoms. The van der Waals surface area contributed by atoms with E-state index in [1.165, 1.54) is 59.3 Å². The fraction of sp³-hybridized carbons (Fsp3) is 0.517. The molecule has 0 bridgehead atoms. The Bertz CT molecular complexity index is 1810. The molecule has 0 radical (unpaired) electrons. The molecular weight excluding hydrogens is 897 g/mol. The largest absolute Gasteiger partial charge is 0.407 e. The summed E-state index contributed by atoms with van der Waals surface area (Å²) >= 11 is 3.39. The zero-order valence-corrected chi connectivity index (χ0v) is 44.9. The van der Waals surface area contributed by atoms with Gasteiger partial charge in [0.2, 0.25) is 0 Å². The Morgan fingerprint density at radius 2 is 0.954 bits per heavy atom. The summed E-state index contributed by atoms with van der Waals surface area (Å²) in [5.74, 6) is 9.38. The molecule has 4 nitrogen and oxygen atoms in total. The minimum atomic E-state index is -2.38. The highest BCUT2D eigenvalue weighted by atomic mass is 79.9. The number of rotatable bonds is 22. The van der Waals surface area contributed by atoms with Crippen molar-refractivity contribution in [1.82, 2.24) is 0 Å². The normalized spacial score (nSPS) is 14.1. The van der Waals surface area contributed by atoms with Gasteiger partial charge in [-0.05, 0) is 95.0 Å². The van der Waals surface area contributed by atoms with Crippen LogP contribution in [0.15, 0.2) is 121 Å². The summed E-state index contributed by atoms with van der Waals surface area (Å²) in [5, 5.41) is 6.54. The van der Waals surface area contributed by atoms with Crippen LogP contribution >= 0.6 is 15.9 Å². The highest BCUT2D eigenvalue weighted by Gasteiger charge is 2.51. The summed E-state index contributed by atoms with van der Waals surface area (Å²) < 4.78 is 24.7. The molecular formula is C58H83BrO4Si2. The average Bonchev–Trinajstić information content (AvgIpc) is 3.32. The second kappa shape index (κ2) is 31.7. The molecule has 354 valence electrons. The molecule has 1 atom stereocenters. The molecule has 7 heteroatoms. The molecule has 1 fully saturated rings. The van der Waals surface area contributed by atoms with Crippen LogP contribution in [0.5, 0.6) is 0 Å². The maximum atomic E-state index is 6.92. The number of halogens is 1. The first-order valence-electron chi connectivity index (χ1n) is 24.7. The molecule has 1 aliphatic rings. The second-order valence-electron chi connectivity index (χ2n) is 19.0. The molecule has 1 unspecified atom stereocenters. The van der Waals surface area contributed by atoms with Crippen LogP contribution in [0.1, 0.15) is 145 Å². The predicted octanol–water partition coefficient (Wildman–Crippen LogP) is 13.4. The zero-order valence-electron chi connectivity index (χ0n) is 41.4. The lowest BCUT2D eigenvalue weighted by atomic mass is 10.2. The van der Waals surface area contributed by atoms with Gasteiger partial charge in [-0.25, -0.2) is 0 Å². The third-order valence-electron chi connectivity index (χ3n) is 11.9. The van der Waals surface area contributed by atoms with E-state index in [0.29, 0.717) is 0 Å². The summed E-state index contributed by atoms with van der Waals surface area (Å²) in [5.41, 5.74) is 0. The maximum Gasteiger partial charge on any atom is 0.261 e. The van der Waals surface area contributed by atoms with Gasteiger partial charge in [0.25, 0.3) is 16.6 Å². The third kappa shape index (κ3) is 18.8. The van der Waals surface area contributed by atoms with E-state index in [-0.39, 0.29) is 16.4 Å². The fourth-order valence-electron chi connectivity index (χ4n) is 8.51. The van der Waals surface area contributed by atoms with E-state index < -0.39 is 16.6 Å². The molecule has 4 aromatic rings. The Kier molecular flexibility index (Phi) is 27.3. The van der Waals surface area contributed by atoms with E-state index in [1.54, 1.807) is 0 Å². The number of alkyl halides is 1. The first-order chi connectivity index (χ1) is 31.5. The molecule has 1 saturated heterocycles. The molecule has 0 amide bonds. The van der Waals surface area contributed by atoms with Crippen LogP contribution in [0.4, 0.5) is 0 Å². The van der Waals surface area contributed by atoms with E-state index in [2.05, 4.69) is 203 Å². The lowest BCUT2D eigenvalue weighted by Crippen LogP contribution is -2.66. The molecule has 0 aliphatic carbocycles. The Labute approximate surface area is 407 Å². The van der Waals surface area contributed by atoms with Crippen molar-refractivity contribution < 1.29 is 18.3 Å². The van der Waals surface area contributed by atoms with Crippen molar-refractivity contribution in [2.24, 2.45) is 0 Å². The number of hydrogen-bond acceptors (Lipinski definition) is 4. The molecule has 0 N–H and O–H groups in total. The van der Waals surface area contributed by atoms with Crippen molar-refractivity contribution >= 4 is 53.3 Å². The van der Waals surface area contributed by atoms with Crippen molar-refractivity contribution in [3.63, 3.8) is 0 Å². The number of terminal acetylenes is 1. The minimum absolute atomic E-state index is 0.0435. The van der Waals surface area contributed by atoms with Crippen molar-refractivity contribution in [1.29, 1.82) is 0 Å². The standard InChI is InChI=1S/C27H38OSi.C22H28OSi.C9H17BrO2/c1-5-6-7-8-9-10-11-12-19-24-28-29(27(2,3)4,25-20-15-13-16-21-25)26-22-17-14-18-23-26;1-5-6-7-14-19-23-24(22(2,3)4,20-15-10-8-11-16-20)21-17-12-9-13-18-21;10-6-2-4-8-12-9-5-1-3-7-11-9/h13-18,20-23H,5-8,11-12,19,24H2,1-4H3;1,8-13,15-18H,6-7,14,19H2,2-4H3;9H,1-8H2. The van der Waals surface area contributed by atoms with Gasteiger partial charge in [-0.1, -0.05) is 199 Å². The van der Waals surface area contributed by atoms with Crippen LogP contribution < -0.4 is 20.7 Å². The number of unbranched alkanes of at least 4 members (excludes halogenated alkanes) is 8. The molecule has 0 aromatic heterocycles. The molecule has 0 saturated carbocycles. The van der Waals surface area contributed by atoms with E-state index in [0.717, 1.165) is 89.5 Å². The highest BCUT2D eigenvalue weighted by molar-refractivity contribution is 9.09. The van der Waals surface area contributed by atoms with Gasteiger partial charge in [-0.15, -0.1) is 24.2 Å². The van der Waals surface area contributed by atoms with E-state index in [9.17, 15) is 0 Å². The monoisotopic (exact) mass is 979 g/mol. The number of benzene rings is 4. The molecule has 1 heterocycles. The third-order valence-corrected chi connectivity index (χ3v) is 22.5. The van der Waals surface area contributed by atoms with Crippen LogP contribution in [0, 0.1) is 24.2 Å². The average molecular weight is 980 g/mol. The van der Waals surface area contributed by atoms with Gasteiger partial charge in [-0.3, -0.25) is 0 Å². The molecule has 5 rings (SSSR count). The summed E-state index contributed by atoms with van der Waals surface area (Å²) in [6.07, 6.45) is 22.2. The molecule has 65 heavy (non-hydrogen) atoms. The van der Waals surface area contributed by atoms with Crippen LogP contribution in [0.2, 0.25) is 10.1 Å². The van der Waals surface area contributed by atoms with Gasteiger partial charge in [0.1, 0.15) is 0 Å². The van der Waals surface area contributed by atoms with Crippen molar-refractivity contribution in [2.75, 3.05) is 31.8 Å². The smallest absolute Gasteiger partial charge is 0.261 e. The molecule has 4 aromatic carbocycles. The number of hydrogen-bond donors (Lipinski definition) is 0. The summed E-state index contributed by atoms with van der Waals surface area (Å²) in [6.45, 7) is 19.4. The van der Waals surface area contributed by atoms with Crippen molar-refractivity contribution in [2.45, 2.75) is 161 Å². The van der Waals surface area contributed by atoms with Crippen LogP contribution in [0.3, 0.4) is 0 Å². The van der Waals surface area contributed by atoms with Crippen molar-refractivity contribution in [3.05, 3.63) is 121 Å². The summed E-state index contributed by atoms with van der Waals surface area (Å²) in [4.78, 5) is 0. The van der Waals surface area contributed by atoms with Crippen LogP contribution in [-0.2, 0) is 18.3 Å². The van der Waals surface area contributed by atoms with E-state index in [4.69, 9.17) is 24.7 Å². The predicted molar refractivity (Wildman–Crippen MR) is 288 cm³/mol. The van der Waals surface area contributed by atoms with E-state index in [1.807, 2.05) is 0 Å². The Hall–Kier alpha value is -3.25. The van der Waals surface area contributed by atoms with Gasteiger partial charge in [0, 0.05) is 51.0 Å². The zero-order chi connectivity index (χ0) is 47.1.